The van der Waals surface area contributed by atoms with Crippen LogP contribution in [0.3, 0.4) is 0 Å². The summed E-state index contributed by atoms with van der Waals surface area (Å²) in [5.41, 5.74) is 1.63. The van der Waals surface area contributed by atoms with Gasteiger partial charge in [-0.05, 0) is 25.7 Å². The smallest absolute Gasteiger partial charge is 0.259 e. The van der Waals surface area contributed by atoms with Crippen LogP contribution in [0.5, 0.6) is 0 Å². The highest BCUT2D eigenvalue weighted by Crippen LogP contribution is 2.29. The molecule has 0 N–H and O–H groups in total. The summed E-state index contributed by atoms with van der Waals surface area (Å²) in [6.07, 6.45) is 10.1. The van der Waals surface area contributed by atoms with E-state index in [-0.39, 0.29) is 5.91 Å². The van der Waals surface area contributed by atoms with Crippen LogP contribution in [0.2, 0.25) is 0 Å². The van der Waals surface area contributed by atoms with Crippen molar-refractivity contribution in [3.8, 4) is 11.4 Å². The van der Waals surface area contributed by atoms with Crippen molar-refractivity contribution in [2.75, 3.05) is 25.0 Å². The topological polar surface area (TPSA) is 49.3 Å². The van der Waals surface area contributed by atoms with E-state index in [1.165, 1.54) is 32.1 Å². The molecule has 5 nitrogen and oxygen atoms in total. The van der Waals surface area contributed by atoms with Crippen LogP contribution in [0.25, 0.3) is 11.4 Å². The number of benzene rings is 1. The lowest BCUT2D eigenvalue weighted by Crippen LogP contribution is -2.37. The molecule has 0 unspecified atom stereocenters. The van der Waals surface area contributed by atoms with Gasteiger partial charge in [0.25, 0.3) is 5.91 Å². The monoisotopic (exact) mass is 364 g/mol. The van der Waals surface area contributed by atoms with E-state index in [4.69, 9.17) is 4.98 Å². The Labute approximate surface area is 161 Å². The summed E-state index contributed by atoms with van der Waals surface area (Å²) in [7, 11) is 2.09. The van der Waals surface area contributed by atoms with Crippen LogP contribution in [0.4, 0.5) is 5.82 Å². The summed E-state index contributed by atoms with van der Waals surface area (Å²) in [5, 5.41) is 0. The first-order valence-electron chi connectivity index (χ1n) is 10.2. The van der Waals surface area contributed by atoms with E-state index >= 15 is 0 Å². The second-order valence-corrected chi connectivity index (χ2v) is 7.70. The highest BCUT2D eigenvalue weighted by molar-refractivity contribution is 5.99. The number of rotatable bonds is 4. The summed E-state index contributed by atoms with van der Waals surface area (Å²) in [6, 6.07) is 10.5. The summed E-state index contributed by atoms with van der Waals surface area (Å²) >= 11 is 0. The van der Waals surface area contributed by atoms with E-state index in [0.29, 0.717) is 17.4 Å². The Bertz CT molecular complexity index is 780. The summed E-state index contributed by atoms with van der Waals surface area (Å²) in [6.45, 7) is 1.68. The minimum atomic E-state index is 0.0739. The van der Waals surface area contributed by atoms with Crippen molar-refractivity contribution >= 4 is 11.7 Å². The number of anilines is 1. The normalized spacial score (nSPS) is 17.9. The van der Waals surface area contributed by atoms with Crippen molar-refractivity contribution in [1.29, 1.82) is 0 Å². The molecule has 27 heavy (non-hydrogen) atoms. The maximum Gasteiger partial charge on any atom is 0.259 e. The molecule has 5 heteroatoms. The van der Waals surface area contributed by atoms with E-state index in [2.05, 4.69) is 16.9 Å². The maximum atomic E-state index is 13.1. The predicted molar refractivity (Wildman–Crippen MR) is 108 cm³/mol. The van der Waals surface area contributed by atoms with Crippen molar-refractivity contribution in [2.45, 2.75) is 51.0 Å². The zero-order valence-corrected chi connectivity index (χ0v) is 16.1. The number of nitrogens with zero attached hydrogens (tertiary/aromatic N) is 4. The number of hydrogen-bond donors (Lipinski definition) is 0. The van der Waals surface area contributed by atoms with Gasteiger partial charge in [0.05, 0.1) is 0 Å². The first kappa shape index (κ1) is 18.0. The third-order valence-corrected chi connectivity index (χ3v) is 5.88. The fourth-order valence-corrected chi connectivity index (χ4v) is 4.25. The maximum absolute atomic E-state index is 13.1. The number of carbonyl (C=O) groups excluding carboxylic acids is 1. The summed E-state index contributed by atoms with van der Waals surface area (Å²) in [5.74, 6) is 1.55. The van der Waals surface area contributed by atoms with Crippen LogP contribution in [0.15, 0.2) is 36.5 Å². The standard InChI is InChI=1S/C22H28N4O/c1-25(18-12-6-3-7-13-18)21-19(22(27)26-14-8-9-15-26)16-23-20(24-21)17-10-4-2-5-11-17/h2,4-5,10-11,16,18H,3,6-9,12-15H2,1H3. The molecule has 1 aromatic heterocycles. The molecule has 4 rings (SSSR count). The second-order valence-electron chi connectivity index (χ2n) is 7.70. The fraction of sp³-hybridized carbons (Fsp3) is 0.500. The molecule has 1 aromatic carbocycles. The molecule has 1 saturated carbocycles. The van der Waals surface area contributed by atoms with E-state index in [0.717, 1.165) is 37.3 Å². The highest BCUT2D eigenvalue weighted by Gasteiger charge is 2.28. The SMILES string of the molecule is CN(c1nc(-c2ccccc2)ncc1C(=O)N1CCCC1)C1CCCCC1. The largest absolute Gasteiger partial charge is 0.356 e. The van der Waals surface area contributed by atoms with Gasteiger partial charge in [0.15, 0.2) is 5.82 Å². The van der Waals surface area contributed by atoms with Gasteiger partial charge in [-0.1, -0.05) is 49.6 Å². The molecule has 1 aliphatic carbocycles. The molecule has 142 valence electrons. The Morgan fingerprint density at radius 3 is 2.44 bits per heavy atom. The van der Waals surface area contributed by atoms with E-state index < -0.39 is 0 Å². The van der Waals surface area contributed by atoms with Crippen molar-refractivity contribution in [2.24, 2.45) is 0 Å². The van der Waals surface area contributed by atoms with Gasteiger partial charge in [0, 0.05) is 37.9 Å². The number of carbonyl (C=O) groups is 1. The van der Waals surface area contributed by atoms with Gasteiger partial charge in [0.2, 0.25) is 0 Å². The van der Waals surface area contributed by atoms with E-state index in [9.17, 15) is 4.79 Å². The van der Waals surface area contributed by atoms with Gasteiger partial charge in [-0.15, -0.1) is 0 Å². The van der Waals surface area contributed by atoms with Crippen molar-refractivity contribution < 1.29 is 4.79 Å². The predicted octanol–water partition coefficient (Wildman–Crippen LogP) is 4.15. The molecule has 0 atom stereocenters. The van der Waals surface area contributed by atoms with E-state index in [1.54, 1.807) is 6.20 Å². The highest BCUT2D eigenvalue weighted by atomic mass is 16.2. The van der Waals surface area contributed by atoms with Gasteiger partial charge in [-0.2, -0.15) is 0 Å². The zero-order chi connectivity index (χ0) is 18.6. The van der Waals surface area contributed by atoms with Crippen LogP contribution in [0, 0.1) is 0 Å². The Hall–Kier alpha value is -2.43. The number of likely N-dealkylation sites (tertiary alicyclic amines) is 1. The number of amides is 1. The molecule has 1 amide bonds. The van der Waals surface area contributed by atoms with E-state index in [1.807, 2.05) is 35.2 Å². The van der Waals surface area contributed by atoms with Crippen LogP contribution in [-0.4, -0.2) is 47.0 Å². The first-order valence-corrected chi connectivity index (χ1v) is 10.2. The third-order valence-electron chi connectivity index (χ3n) is 5.88. The summed E-state index contributed by atoms with van der Waals surface area (Å²) in [4.78, 5) is 26.7. The molecule has 1 saturated heterocycles. The molecule has 2 heterocycles. The van der Waals surface area contributed by atoms with Gasteiger partial charge < -0.3 is 9.80 Å². The van der Waals surface area contributed by atoms with Crippen LogP contribution < -0.4 is 4.90 Å². The molecular formula is C22H28N4O. The first-order chi connectivity index (χ1) is 13.2. The van der Waals surface area contributed by atoms with Crippen LogP contribution in [0.1, 0.15) is 55.3 Å². The number of aromatic nitrogens is 2. The fourth-order valence-electron chi connectivity index (χ4n) is 4.25. The lowest BCUT2D eigenvalue weighted by Gasteiger charge is -2.33. The van der Waals surface area contributed by atoms with Gasteiger partial charge in [-0.3, -0.25) is 4.79 Å². The van der Waals surface area contributed by atoms with Crippen molar-refractivity contribution in [1.82, 2.24) is 14.9 Å². The van der Waals surface area contributed by atoms with Gasteiger partial charge >= 0.3 is 0 Å². The van der Waals surface area contributed by atoms with Gasteiger partial charge in [0.1, 0.15) is 11.4 Å². The lowest BCUT2D eigenvalue weighted by molar-refractivity contribution is 0.0792. The van der Waals surface area contributed by atoms with Crippen LogP contribution in [-0.2, 0) is 0 Å². The number of hydrogen-bond acceptors (Lipinski definition) is 4. The average Bonchev–Trinajstić information content (AvgIpc) is 3.28. The van der Waals surface area contributed by atoms with Gasteiger partial charge in [-0.25, -0.2) is 9.97 Å². The van der Waals surface area contributed by atoms with Crippen LogP contribution >= 0.6 is 0 Å². The Kier molecular flexibility index (Phi) is 5.37. The molecular weight excluding hydrogens is 336 g/mol. The second kappa shape index (κ2) is 8.07. The Morgan fingerprint density at radius 1 is 1.04 bits per heavy atom. The molecule has 0 radical (unpaired) electrons. The molecule has 2 fully saturated rings. The molecule has 0 spiro atoms. The quantitative estimate of drug-likeness (QED) is 0.818. The minimum absolute atomic E-state index is 0.0739. The average molecular weight is 364 g/mol. The molecule has 2 aliphatic rings. The lowest BCUT2D eigenvalue weighted by atomic mass is 9.94. The Morgan fingerprint density at radius 2 is 1.74 bits per heavy atom. The molecule has 2 aromatic rings. The minimum Gasteiger partial charge on any atom is -0.356 e. The zero-order valence-electron chi connectivity index (χ0n) is 16.1. The molecule has 0 bridgehead atoms. The third kappa shape index (κ3) is 3.82. The summed E-state index contributed by atoms with van der Waals surface area (Å²) < 4.78 is 0. The van der Waals surface area contributed by atoms with Crippen molar-refractivity contribution in [3.63, 3.8) is 0 Å². The molecule has 1 aliphatic heterocycles. The Balaban J connectivity index is 1.72. The van der Waals surface area contributed by atoms with Crippen molar-refractivity contribution in [3.05, 3.63) is 42.1 Å².